The molecule has 1 aliphatic rings. The normalized spacial score (nSPS) is 13.4. The van der Waals surface area contributed by atoms with Gasteiger partial charge in [-0.1, -0.05) is 60.7 Å². The number of anilines is 1. The van der Waals surface area contributed by atoms with Gasteiger partial charge >= 0.3 is 0 Å². The van der Waals surface area contributed by atoms with Crippen LogP contribution in [0.4, 0.5) is 5.00 Å². The first-order valence-corrected chi connectivity index (χ1v) is 13.6. The third kappa shape index (κ3) is 4.91. The molecule has 180 valence electrons. The number of thiazole rings is 1. The van der Waals surface area contributed by atoms with E-state index in [9.17, 15) is 4.79 Å². The summed E-state index contributed by atoms with van der Waals surface area (Å²) in [6.45, 7) is 2.72. The topological polar surface area (TPSA) is 54.5 Å². The van der Waals surface area contributed by atoms with Crippen LogP contribution in [-0.2, 0) is 24.3 Å². The number of benzene rings is 3. The molecule has 5 aromatic rings. The molecule has 0 bridgehead atoms. The molecule has 0 saturated heterocycles. The zero-order valence-corrected chi connectivity index (χ0v) is 21.3. The van der Waals surface area contributed by atoms with Crippen LogP contribution < -0.4 is 10.1 Å². The molecular formula is C29H25N3O2S2. The summed E-state index contributed by atoms with van der Waals surface area (Å²) in [5.74, 6) is 0.516. The van der Waals surface area contributed by atoms with E-state index in [0.29, 0.717) is 5.75 Å². The van der Waals surface area contributed by atoms with Gasteiger partial charge in [0.05, 0.1) is 10.2 Å². The summed E-state index contributed by atoms with van der Waals surface area (Å²) < 4.78 is 6.84. The van der Waals surface area contributed by atoms with Gasteiger partial charge < -0.3 is 10.1 Å². The molecule has 0 unspecified atom stereocenters. The number of para-hydroxylation sites is 2. The zero-order chi connectivity index (χ0) is 24.3. The first-order valence-electron chi connectivity index (χ1n) is 12.0. The molecule has 1 aliphatic heterocycles. The highest BCUT2D eigenvalue weighted by atomic mass is 32.1. The van der Waals surface area contributed by atoms with E-state index in [1.54, 1.807) is 22.7 Å². The van der Waals surface area contributed by atoms with Gasteiger partial charge in [0.1, 0.15) is 15.8 Å². The third-order valence-corrected chi connectivity index (χ3v) is 8.44. The fraction of sp³-hybridized carbons (Fsp3) is 0.172. The average Bonchev–Trinajstić information content (AvgIpc) is 3.49. The second-order valence-electron chi connectivity index (χ2n) is 8.79. The molecule has 5 nitrogen and oxygen atoms in total. The number of nitrogens with zero attached hydrogens (tertiary/aromatic N) is 2. The number of ether oxygens (including phenoxy) is 1. The number of aromatic nitrogens is 1. The number of thiophene rings is 1. The minimum Gasteiger partial charge on any atom is -0.484 e. The minimum absolute atomic E-state index is 0.0357. The highest BCUT2D eigenvalue weighted by Crippen LogP contribution is 2.45. The van der Waals surface area contributed by atoms with Crippen molar-refractivity contribution in [2.75, 3.05) is 18.5 Å². The van der Waals surface area contributed by atoms with Crippen molar-refractivity contribution in [1.82, 2.24) is 9.88 Å². The van der Waals surface area contributed by atoms with Crippen molar-refractivity contribution in [3.8, 4) is 16.3 Å². The molecule has 0 saturated carbocycles. The van der Waals surface area contributed by atoms with E-state index in [1.807, 2.05) is 48.5 Å². The Morgan fingerprint density at radius 2 is 1.69 bits per heavy atom. The van der Waals surface area contributed by atoms with Crippen LogP contribution in [0.1, 0.15) is 16.0 Å². The standard InChI is InChI=1S/C29H25N3O2S2/c33-26(19-34-21-11-5-2-6-12-21)31-29-27(28-30-23-13-7-8-14-24(23)35-28)22-15-16-32(18-25(22)36-29)17-20-9-3-1-4-10-20/h1-14H,15-19H2,(H,31,33). The Bertz CT molecular complexity index is 1460. The van der Waals surface area contributed by atoms with Gasteiger partial charge in [-0.05, 0) is 41.8 Å². The van der Waals surface area contributed by atoms with Gasteiger partial charge in [-0.3, -0.25) is 9.69 Å². The van der Waals surface area contributed by atoms with Crippen molar-refractivity contribution in [1.29, 1.82) is 0 Å². The third-order valence-electron chi connectivity index (χ3n) is 6.26. The Morgan fingerprint density at radius 1 is 0.944 bits per heavy atom. The van der Waals surface area contributed by atoms with E-state index in [-0.39, 0.29) is 12.5 Å². The molecule has 0 radical (unpaired) electrons. The number of nitrogens with one attached hydrogen (secondary N) is 1. The van der Waals surface area contributed by atoms with Crippen LogP contribution in [0.3, 0.4) is 0 Å². The van der Waals surface area contributed by atoms with Crippen LogP contribution in [0.25, 0.3) is 20.8 Å². The molecule has 6 rings (SSSR count). The van der Waals surface area contributed by atoms with Crippen molar-refractivity contribution in [3.05, 3.63) is 101 Å². The van der Waals surface area contributed by atoms with Crippen molar-refractivity contribution < 1.29 is 9.53 Å². The first kappa shape index (κ1) is 22.9. The molecule has 0 fully saturated rings. The van der Waals surface area contributed by atoms with E-state index < -0.39 is 0 Å². The predicted octanol–water partition coefficient (Wildman–Crippen LogP) is 6.60. The molecule has 7 heteroatoms. The van der Waals surface area contributed by atoms with Crippen LogP contribution in [0.15, 0.2) is 84.9 Å². The molecule has 1 N–H and O–H groups in total. The first-order chi connectivity index (χ1) is 17.7. The number of hydrogen-bond donors (Lipinski definition) is 1. The van der Waals surface area contributed by atoms with Gasteiger partial charge in [-0.15, -0.1) is 22.7 Å². The molecule has 3 aromatic carbocycles. The molecular weight excluding hydrogens is 486 g/mol. The Balaban J connectivity index is 1.29. The fourth-order valence-electron chi connectivity index (χ4n) is 4.55. The summed E-state index contributed by atoms with van der Waals surface area (Å²) in [6.07, 6.45) is 0.931. The summed E-state index contributed by atoms with van der Waals surface area (Å²) in [7, 11) is 0. The summed E-state index contributed by atoms with van der Waals surface area (Å²) >= 11 is 3.35. The summed E-state index contributed by atoms with van der Waals surface area (Å²) in [5, 5.41) is 4.97. The Hall–Kier alpha value is -3.52. The van der Waals surface area contributed by atoms with Gasteiger partial charge in [0.25, 0.3) is 5.91 Å². The van der Waals surface area contributed by atoms with E-state index in [1.165, 1.54) is 16.0 Å². The Labute approximate surface area is 218 Å². The average molecular weight is 512 g/mol. The van der Waals surface area contributed by atoms with Crippen molar-refractivity contribution in [3.63, 3.8) is 0 Å². The van der Waals surface area contributed by atoms with Gasteiger partial charge in [0, 0.05) is 30.1 Å². The molecule has 0 atom stereocenters. The minimum atomic E-state index is -0.166. The Kier molecular flexibility index (Phi) is 6.51. The lowest BCUT2D eigenvalue weighted by Crippen LogP contribution is -2.29. The second kappa shape index (κ2) is 10.2. The summed E-state index contributed by atoms with van der Waals surface area (Å²) in [6, 6.07) is 28.2. The maximum Gasteiger partial charge on any atom is 0.262 e. The van der Waals surface area contributed by atoms with E-state index in [4.69, 9.17) is 9.72 Å². The van der Waals surface area contributed by atoms with Gasteiger partial charge in [0.15, 0.2) is 6.61 Å². The van der Waals surface area contributed by atoms with E-state index >= 15 is 0 Å². The number of hydrogen-bond acceptors (Lipinski definition) is 6. The smallest absolute Gasteiger partial charge is 0.262 e. The quantitative estimate of drug-likeness (QED) is 0.267. The summed E-state index contributed by atoms with van der Waals surface area (Å²) in [5.41, 5.74) is 4.69. The maximum atomic E-state index is 12.9. The SMILES string of the molecule is O=C(COc1ccccc1)Nc1sc2c(c1-c1nc3ccccc3s1)CCN(Cc1ccccc1)C2. The highest BCUT2D eigenvalue weighted by Gasteiger charge is 2.28. The molecule has 0 aliphatic carbocycles. The molecule has 36 heavy (non-hydrogen) atoms. The monoisotopic (exact) mass is 511 g/mol. The number of fused-ring (bicyclic) bond motifs is 2. The van der Waals surface area contributed by atoms with Crippen molar-refractivity contribution in [2.45, 2.75) is 19.5 Å². The number of rotatable bonds is 7. The maximum absolute atomic E-state index is 12.9. The van der Waals surface area contributed by atoms with Gasteiger partial charge in [-0.25, -0.2) is 4.98 Å². The van der Waals surface area contributed by atoms with E-state index in [0.717, 1.165) is 51.8 Å². The predicted molar refractivity (Wildman–Crippen MR) is 148 cm³/mol. The van der Waals surface area contributed by atoms with Crippen LogP contribution in [0, 0.1) is 0 Å². The highest BCUT2D eigenvalue weighted by molar-refractivity contribution is 7.22. The molecule has 1 amide bonds. The molecule has 0 spiro atoms. The second-order valence-corrected chi connectivity index (χ2v) is 10.9. The fourth-order valence-corrected chi connectivity index (χ4v) is 6.97. The lowest BCUT2D eigenvalue weighted by molar-refractivity contribution is -0.118. The van der Waals surface area contributed by atoms with Crippen molar-refractivity contribution >= 4 is 43.8 Å². The van der Waals surface area contributed by atoms with E-state index in [2.05, 4.69) is 46.6 Å². The number of carbonyl (C=O) groups is 1. The van der Waals surface area contributed by atoms with Crippen molar-refractivity contribution in [2.24, 2.45) is 0 Å². The Morgan fingerprint density at radius 3 is 2.50 bits per heavy atom. The summed E-state index contributed by atoms with van der Waals surface area (Å²) in [4.78, 5) is 21.6. The molecule has 2 aromatic heterocycles. The lowest BCUT2D eigenvalue weighted by Gasteiger charge is -2.27. The van der Waals surface area contributed by atoms with Gasteiger partial charge in [-0.2, -0.15) is 0 Å². The number of carbonyl (C=O) groups excluding carboxylic acids is 1. The van der Waals surface area contributed by atoms with Gasteiger partial charge in [0.2, 0.25) is 0 Å². The van der Waals surface area contributed by atoms with Crippen LogP contribution >= 0.6 is 22.7 Å². The lowest BCUT2D eigenvalue weighted by atomic mass is 10.0. The van der Waals surface area contributed by atoms with Crippen LogP contribution in [0.2, 0.25) is 0 Å². The van der Waals surface area contributed by atoms with Crippen LogP contribution in [-0.4, -0.2) is 28.9 Å². The zero-order valence-electron chi connectivity index (χ0n) is 19.6. The molecule has 3 heterocycles. The van der Waals surface area contributed by atoms with Crippen LogP contribution in [0.5, 0.6) is 5.75 Å². The number of amides is 1. The largest absolute Gasteiger partial charge is 0.484 e.